The molecule has 3 aromatic rings. The number of nitrogens with one attached hydrogen (secondary N) is 1. The summed E-state index contributed by atoms with van der Waals surface area (Å²) in [5.41, 5.74) is 3.44. The molecule has 3 rings (SSSR count). The highest BCUT2D eigenvalue weighted by molar-refractivity contribution is 9.10. The minimum Gasteiger partial charge on any atom is -0.301 e. The summed E-state index contributed by atoms with van der Waals surface area (Å²) in [6, 6.07) is 3.48. The second kappa shape index (κ2) is 5.85. The summed E-state index contributed by atoms with van der Waals surface area (Å²) >= 11 is 5.03. The lowest BCUT2D eigenvalue weighted by atomic mass is 10.3. The maximum atomic E-state index is 11.5. The van der Waals surface area contributed by atoms with Gasteiger partial charge in [0.15, 0.2) is 5.16 Å². The van der Waals surface area contributed by atoms with Crippen molar-refractivity contribution in [1.82, 2.24) is 24.3 Å². The highest BCUT2D eigenvalue weighted by atomic mass is 79.9. The van der Waals surface area contributed by atoms with E-state index in [1.54, 1.807) is 6.92 Å². The van der Waals surface area contributed by atoms with Crippen molar-refractivity contribution in [1.29, 1.82) is 0 Å². The molecule has 0 bridgehead atoms. The van der Waals surface area contributed by atoms with Gasteiger partial charge in [-0.1, -0.05) is 11.8 Å². The van der Waals surface area contributed by atoms with Crippen molar-refractivity contribution in [2.75, 3.05) is 0 Å². The number of thioether (sulfide) groups is 1. The zero-order valence-electron chi connectivity index (χ0n) is 12.3. The molecule has 0 saturated heterocycles. The Balaban J connectivity index is 1.92. The number of imidazole rings is 1. The lowest BCUT2D eigenvalue weighted by molar-refractivity contribution is 0.904. The van der Waals surface area contributed by atoms with E-state index in [2.05, 4.69) is 35.9 Å². The Hall–Kier alpha value is -1.67. The molecule has 114 valence electrons. The Morgan fingerprint density at radius 1 is 1.18 bits per heavy atom. The SMILES string of the molecule is Cc1cc(=O)[nH]c(SCc2nc3nc(C)cc(C)n3c2Br)n1. The number of hydrogen-bond acceptors (Lipinski definition) is 5. The summed E-state index contributed by atoms with van der Waals surface area (Å²) in [5.74, 6) is 1.26. The van der Waals surface area contributed by atoms with E-state index in [0.717, 1.165) is 21.7 Å². The largest absolute Gasteiger partial charge is 0.301 e. The molecule has 3 aromatic heterocycles. The third-order valence-corrected chi connectivity index (χ3v) is 4.81. The van der Waals surface area contributed by atoms with Crippen LogP contribution < -0.4 is 5.56 Å². The van der Waals surface area contributed by atoms with Crippen molar-refractivity contribution in [2.45, 2.75) is 31.7 Å². The Kier molecular flexibility index (Phi) is 4.05. The van der Waals surface area contributed by atoms with Gasteiger partial charge in [0, 0.05) is 28.9 Å². The predicted octanol–water partition coefficient (Wildman–Crippen LogP) is 2.79. The summed E-state index contributed by atoms with van der Waals surface area (Å²) in [6.07, 6.45) is 0. The molecule has 6 nitrogen and oxygen atoms in total. The van der Waals surface area contributed by atoms with E-state index in [1.807, 2.05) is 24.3 Å². The highest BCUT2D eigenvalue weighted by Crippen LogP contribution is 2.26. The van der Waals surface area contributed by atoms with Crippen molar-refractivity contribution in [3.8, 4) is 0 Å². The van der Waals surface area contributed by atoms with Crippen LogP contribution in [0.25, 0.3) is 5.78 Å². The number of H-pyrrole nitrogens is 1. The molecular weight excluding hydrogens is 366 g/mol. The Morgan fingerprint density at radius 2 is 1.91 bits per heavy atom. The van der Waals surface area contributed by atoms with E-state index < -0.39 is 0 Å². The number of aromatic nitrogens is 5. The molecule has 8 heteroatoms. The Labute approximate surface area is 139 Å². The summed E-state index contributed by atoms with van der Waals surface area (Å²) < 4.78 is 2.85. The fraction of sp³-hybridized carbons (Fsp3) is 0.286. The minimum atomic E-state index is -0.141. The summed E-state index contributed by atoms with van der Waals surface area (Å²) in [6.45, 7) is 5.77. The van der Waals surface area contributed by atoms with Crippen LogP contribution in [0.2, 0.25) is 0 Å². The third kappa shape index (κ3) is 2.93. The fourth-order valence-electron chi connectivity index (χ4n) is 2.23. The maximum absolute atomic E-state index is 11.5. The fourth-order valence-corrected chi connectivity index (χ4v) is 3.94. The number of nitrogens with zero attached hydrogens (tertiary/aromatic N) is 4. The topological polar surface area (TPSA) is 75.9 Å². The van der Waals surface area contributed by atoms with Gasteiger partial charge < -0.3 is 4.98 Å². The molecule has 0 amide bonds. The van der Waals surface area contributed by atoms with Gasteiger partial charge >= 0.3 is 0 Å². The molecule has 22 heavy (non-hydrogen) atoms. The lowest BCUT2D eigenvalue weighted by Crippen LogP contribution is -2.08. The molecule has 0 aliphatic carbocycles. The average Bonchev–Trinajstić information content (AvgIpc) is 2.71. The molecule has 0 atom stereocenters. The first-order chi connectivity index (χ1) is 10.4. The molecule has 0 aromatic carbocycles. The van der Waals surface area contributed by atoms with Gasteiger partial charge in [-0.15, -0.1) is 0 Å². The van der Waals surface area contributed by atoms with Crippen LogP contribution in [0, 0.1) is 20.8 Å². The first-order valence-electron chi connectivity index (χ1n) is 6.66. The minimum absolute atomic E-state index is 0.141. The van der Waals surface area contributed by atoms with Crippen LogP contribution >= 0.6 is 27.7 Å². The molecule has 3 heterocycles. The van der Waals surface area contributed by atoms with E-state index >= 15 is 0 Å². The molecule has 0 spiro atoms. The van der Waals surface area contributed by atoms with Gasteiger partial charge in [0.25, 0.3) is 5.56 Å². The van der Waals surface area contributed by atoms with E-state index in [-0.39, 0.29) is 5.56 Å². The smallest absolute Gasteiger partial charge is 0.251 e. The van der Waals surface area contributed by atoms with E-state index in [4.69, 9.17) is 0 Å². The highest BCUT2D eigenvalue weighted by Gasteiger charge is 2.13. The van der Waals surface area contributed by atoms with Crippen LogP contribution in [0.15, 0.2) is 26.7 Å². The first kappa shape index (κ1) is 15.2. The number of aromatic amines is 1. The Morgan fingerprint density at radius 3 is 2.64 bits per heavy atom. The van der Waals surface area contributed by atoms with Crippen molar-refractivity contribution in [2.24, 2.45) is 0 Å². The van der Waals surface area contributed by atoms with Crippen LogP contribution in [0.5, 0.6) is 0 Å². The zero-order valence-corrected chi connectivity index (χ0v) is 14.7. The second-order valence-corrected chi connectivity index (χ2v) is 6.72. The molecule has 0 radical (unpaired) electrons. The summed E-state index contributed by atoms with van der Waals surface area (Å²) in [4.78, 5) is 27.5. The predicted molar refractivity (Wildman–Crippen MR) is 89.3 cm³/mol. The van der Waals surface area contributed by atoms with Crippen LogP contribution in [0.4, 0.5) is 0 Å². The van der Waals surface area contributed by atoms with Crippen LogP contribution in [-0.4, -0.2) is 24.3 Å². The van der Waals surface area contributed by atoms with Gasteiger partial charge in [-0.2, -0.15) is 0 Å². The van der Waals surface area contributed by atoms with Crippen molar-refractivity contribution >= 4 is 33.5 Å². The lowest BCUT2D eigenvalue weighted by Gasteiger charge is -2.02. The molecule has 1 N–H and O–H groups in total. The van der Waals surface area contributed by atoms with Gasteiger partial charge in [-0.3, -0.25) is 9.20 Å². The molecule has 0 fully saturated rings. The molecule has 0 aliphatic heterocycles. The summed E-state index contributed by atoms with van der Waals surface area (Å²) in [5, 5.41) is 0.592. The quantitative estimate of drug-likeness (QED) is 0.559. The number of aryl methyl sites for hydroxylation is 3. The van der Waals surface area contributed by atoms with E-state index in [0.29, 0.717) is 22.4 Å². The molecule has 0 aliphatic rings. The van der Waals surface area contributed by atoms with Crippen LogP contribution in [0.1, 0.15) is 22.8 Å². The number of halogens is 1. The van der Waals surface area contributed by atoms with Crippen molar-refractivity contribution in [3.63, 3.8) is 0 Å². The third-order valence-electron chi connectivity index (χ3n) is 3.11. The van der Waals surface area contributed by atoms with Gasteiger partial charge in [0.1, 0.15) is 4.60 Å². The maximum Gasteiger partial charge on any atom is 0.251 e. The van der Waals surface area contributed by atoms with Gasteiger partial charge in [0.2, 0.25) is 5.78 Å². The molecule has 0 unspecified atom stereocenters. The normalized spacial score (nSPS) is 11.3. The average molecular weight is 380 g/mol. The zero-order chi connectivity index (χ0) is 15.9. The number of rotatable bonds is 3. The van der Waals surface area contributed by atoms with Gasteiger partial charge in [0.05, 0.1) is 5.69 Å². The standard InChI is InChI=1S/C14H14BrN5OS/c1-7-4-9(3)20-12(15)10(18-13(20)16-7)6-22-14-17-8(2)5-11(21)19-14/h4-5H,6H2,1-3H3,(H,17,19,21). The summed E-state index contributed by atoms with van der Waals surface area (Å²) in [7, 11) is 0. The Bertz CT molecular complexity index is 917. The molecule has 0 saturated carbocycles. The van der Waals surface area contributed by atoms with Gasteiger partial charge in [-0.05, 0) is 42.8 Å². The monoisotopic (exact) mass is 379 g/mol. The van der Waals surface area contributed by atoms with Crippen LogP contribution in [-0.2, 0) is 5.75 Å². The van der Waals surface area contributed by atoms with E-state index in [9.17, 15) is 4.79 Å². The second-order valence-electron chi connectivity index (χ2n) is 5.00. The van der Waals surface area contributed by atoms with E-state index in [1.165, 1.54) is 17.8 Å². The number of fused-ring (bicyclic) bond motifs is 1. The van der Waals surface area contributed by atoms with Crippen LogP contribution in [0.3, 0.4) is 0 Å². The number of hydrogen-bond donors (Lipinski definition) is 1. The first-order valence-corrected chi connectivity index (χ1v) is 8.44. The van der Waals surface area contributed by atoms with Gasteiger partial charge in [-0.25, -0.2) is 15.0 Å². The molecular formula is C14H14BrN5OS. The van der Waals surface area contributed by atoms with Crippen molar-refractivity contribution < 1.29 is 0 Å². The van der Waals surface area contributed by atoms with Crippen molar-refractivity contribution in [3.05, 3.63) is 49.9 Å².